The molecule has 0 aromatic rings. The lowest BCUT2D eigenvalue weighted by molar-refractivity contribution is -0.201. The van der Waals surface area contributed by atoms with Gasteiger partial charge in [0.15, 0.2) is 0 Å². The Morgan fingerprint density at radius 2 is 1.89 bits per heavy atom. The molecule has 1 spiro atoms. The molecule has 0 aromatic carbocycles. The Balaban J connectivity index is 1.58. The molecule has 3 saturated carbocycles. The second kappa shape index (κ2) is 5.16. The zero-order valence-corrected chi connectivity index (χ0v) is 17.0. The smallest absolute Gasteiger partial charge is 0.334 e. The van der Waals surface area contributed by atoms with Gasteiger partial charge in [0.25, 0.3) is 0 Å². The van der Waals surface area contributed by atoms with E-state index < -0.39 is 0 Å². The van der Waals surface area contributed by atoms with Crippen LogP contribution in [0.4, 0.5) is 0 Å². The highest BCUT2D eigenvalue weighted by molar-refractivity contribution is 5.92. The third-order valence-corrected chi connectivity index (χ3v) is 8.70. The molecule has 2 aliphatic heterocycles. The van der Waals surface area contributed by atoms with Crippen LogP contribution in [-0.2, 0) is 23.8 Å². The number of carbonyl (C=O) groups is 2. The molecule has 1 saturated heterocycles. The Labute approximate surface area is 160 Å². The Morgan fingerprint density at radius 1 is 1.15 bits per heavy atom. The first kappa shape index (κ1) is 17.7. The minimum atomic E-state index is -0.202. The first-order valence-corrected chi connectivity index (χ1v) is 10.4. The van der Waals surface area contributed by atoms with Gasteiger partial charge < -0.3 is 14.2 Å². The number of esters is 2. The van der Waals surface area contributed by atoms with E-state index in [4.69, 9.17) is 14.2 Å². The average Bonchev–Trinajstić information content (AvgIpc) is 3.22. The third-order valence-electron chi connectivity index (χ3n) is 8.70. The normalized spacial score (nSPS) is 49.4. The van der Waals surface area contributed by atoms with Crippen molar-refractivity contribution < 1.29 is 23.8 Å². The molecule has 0 amide bonds. The van der Waals surface area contributed by atoms with Crippen molar-refractivity contribution in [2.24, 2.45) is 22.7 Å². The van der Waals surface area contributed by atoms with E-state index in [-0.39, 0.29) is 52.6 Å². The van der Waals surface area contributed by atoms with E-state index in [1.165, 1.54) is 6.92 Å². The van der Waals surface area contributed by atoms with Crippen LogP contribution in [0.3, 0.4) is 0 Å². The van der Waals surface area contributed by atoms with Gasteiger partial charge in [0, 0.05) is 29.4 Å². The SMILES string of the molecule is CC(=O)O[C@H]1CCC(C)(C)[C@H]2CC[C@@]34O[C@@H]3C3=C(C)C(=O)O[C@@H]3C[C@H]4[C@]12C. The molecule has 0 aromatic heterocycles. The average molecular weight is 374 g/mol. The molecule has 7 atom stereocenters. The number of rotatable bonds is 1. The number of ether oxygens (including phenoxy) is 3. The van der Waals surface area contributed by atoms with Gasteiger partial charge in [-0.2, -0.15) is 0 Å². The summed E-state index contributed by atoms with van der Waals surface area (Å²) in [5.41, 5.74) is 1.67. The fourth-order valence-corrected chi connectivity index (χ4v) is 7.50. The fraction of sp³-hybridized carbons (Fsp3) is 0.818. The predicted octanol–water partition coefficient (Wildman–Crippen LogP) is 3.55. The van der Waals surface area contributed by atoms with Crippen LogP contribution < -0.4 is 0 Å². The van der Waals surface area contributed by atoms with Crippen LogP contribution in [0.25, 0.3) is 0 Å². The lowest BCUT2D eigenvalue weighted by atomic mass is 9.43. The van der Waals surface area contributed by atoms with Crippen molar-refractivity contribution >= 4 is 11.9 Å². The van der Waals surface area contributed by atoms with Crippen LogP contribution >= 0.6 is 0 Å². The molecule has 0 unspecified atom stereocenters. The first-order valence-electron chi connectivity index (χ1n) is 10.4. The second-order valence-corrected chi connectivity index (χ2v) is 10.3. The standard InChI is InChI=1S/C22H30O5/c1-11-17-13(26-19(11)24)10-15-21(5)14(6-9-22(15)18(17)27-22)20(3,4)8-7-16(21)25-12(2)23/h13-16,18H,6-10H2,1-5H3/t13-,14-,15+,16+,18-,21-,22+/m1/s1. The second-order valence-electron chi connectivity index (χ2n) is 10.3. The van der Waals surface area contributed by atoms with Crippen LogP contribution in [0.1, 0.15) is 66.7 Å². The van der Waals surface area contributed by atoms with Gasteiger partial charge in [-0.25, -0.2) is 4.79 Å². The van der Waals surface area contributed by atoms with E-state index >= 15 is 0 Å². The van der Waals surface area contributed by atoms with Gasteiger partial charge in [-0.15, -0.1) is 0 Å². The molecular weight excluding hydrogens is 344 g/mol. The summed E-state index contributed by atoms with van der Waals surface area (Å²) in [7, 11) is 0. The topological polar surface area (TPSA) is 65.1 Å². The van der Waals surface area contributed by atoms with Crippen LogP contribution in [0.5, 0.6) is 0 Å². The van der Waals surface area contributed by atoms with Gasteiger partial charge in [0.05, 0.1) is 0 Å². The number of epoxide rings is 1. The maximum Gasteiger partial charge on any atom is 0.334 e. The zero-order valence-electron chi connectivity index (χ0n) is 17.0. The van der Waals surface area contributed by atoms with Crippen molar-refractivity contribution in [2.75, 3.05) is 0 Å². The molecule has 148 valence electrons. The number of carbonyl (C=O) groups excluding carboxylic acids is 2. The molecule has 5 rings (SSSR count). The highest BCUT2D eigenvalue weighted by Crippen LogP contribution is 2.72. The molecule has 5 nitrogen and oxygen atoms in total. The third kappa shape index (κ3) is 2.10. The summed E-state index contributed by atoms with van der Waals surface area (Å²) >= 11 is 0. The number of hydrogen-bond donors (Lipinski definition) is 0. The minimum Gasteiger partial charge on any atom is -0.462 e. The quantitative estimate of drug-likeness (QED) is 0.519. The van der Waals surface area contributed by atoms with E-state index in [0.717, 1.165) is 43.3 Å². The first-order chi connectivity index (χ1) is 12.6. The molecule has 0 radical (unpaired) electrons. The van der Waals surface area contributed by atoms with Gasteiger partial charge >= 0.3 is 11.9 Å². The summed E-state index contributed by atoms with van der Waals surface area (Å²) in [6.07, 6.45) is 4.60. The largest absolute Gasteiger partial charge is 0.462 e. The highest BCUT2D eigenvalue weighted by Gasteiger charge is 2.76. The molecule has 2 heterocycles. The maximum atomic E-state index is 12.2. The van der Waals surface area contributed by atoms with E-state index in [2.05, 4.69) is 20.8 Å². The monoisotopic (exact) mass is 374 g/mol. The van der Waals surface area contributed by atoms with Crippen LogP contribution in [0, 0.1) is 22.7 Å². The molecular formula is C22H30O5. The van der Waals surface area contributed by atoms with Crippen molar-refractivity contribution in [2.45, 2.75) is 90.6 Å². The van der Waals surface area contributed by atoms with Crippen molar-refractivity contribution in [3.05, 3.63) is 11.1 Å². The molecule has 0 bridgehead atoms. The van der Waals surface area contributed by atoms with Gasteiger partial charge in [0.1, 0.15) is 23.9 Å². The van der Waals surface area contributed by atoms with E-state index in [0.29, 0.717) is 5.92 Å². The van der Waals surface area contributed by atoms with E-state index in [1.807, 2.05) is 6.92 Å². The number of hydrogen-bond acceptors (Lipinski definition) is 5. The molecule has 27 heavy (non-hydrogen) atoms. The molecule has 0 N–H and O–H groups in total. The maximum absolute atomic E-state index is 12.2. The van der Waals surface area contributed by atoms with E-state index in [9.17, 15) is 9.59 Å². The summed E-state index contributed by atoms with van der Waals surface area (Å²) in [5, 5.41) is 0. The van der Waals surface area contributed by atoms with Crippen LogP contribution in [0.15, 0.2) is 11.1 Å². The Hall–Kier alpha value is -1.36. The van der Waals surface area contributed by atoms with E-state index in [1.54, 1.807) is 0 Å². The van der Waals surface area contributed by atoms with Crippen molar-refractivity contribution in [3.63, 3.8) is 0 Å². The Bertz CT molecular complexity index is 767. The van der Waals surface area contributed by atoms with Crippen LogP contribution in [-0.4, -0.2) is 35.9 Å². The lowest BCUT2D eigenvalue weighted by Gasteiger charge is -2.62. The minimum absolute atomic E-state index is 0.00786. The van der Waals surface area contributed by atoms with Gasteiger partial charge in [-0.3, -0.25) is 4.79 Å². The van der Waals surface area contributed by atoms with Gasteiger partial charge in [-0.05, 0) is 50.4 Å². The van der Waals surface area contributed by atoms with Crippen molar-refractivity contribution in [1.29, 1.82) is 0 Å². The summed E-state index contributed by atoms with van der Waals surface area (Å²) in [5.74, 6) is 0.311. The van der Waals surface area contributed by atoms with Gasteiger partial charge in [-0.1, -0.05) is 20.8 Å². The Kier molecular flexibility index (Phi) is 3.39. The van der Waals surface area contributed by atoms with Crippen molar-refractivity contribution in [3.8, 4) is 0 Å². The summed E-state index contributed by atoms with van der Waals surface area (Å²) in [6, 6.07) is 0. The molecule has 3 aliphatic carbocycles. The fourth-order valence-electron chi connectivity index (χ4n) is 7.50. The molecule has 5 heteroatoms. The summed E-state index contributed by atoms with van der Waals surface area (Å²) in [4.78, 5) is 24.1. The molecule has 4 fully saturated rings. The lowest BCUT2D eigenvalue weighted by Crippen LogP contribution is -2.63. The number of fused-ring (bicyclic) bond motifs is 4. The zero-order chi connectivity index (χ0) is 19.4. The van der Waals surface area contributed by atoms with Crippen LogP contribution in [0.2, 0.25) is 0 Å². The van der Waals surface area contributed by atoms with Crippen molar-refractivity contribution in [1.82, 2.24) is 0 Å². The summed E-state index contributed by atoms with van der Waals surface area (Å²) in [6.45, 7) is 10.4. The Morgan fingerprint density at radius 3 is 2.59 bits per heavy atom. The molecule has 5 aliphatic rings. The van der Waals surface area contributed by atoms with Gasteiger partial charge in [0.2, 0.25) is 0 Å². The predicted molar refractivity (Wildman–Crippen MR) is 97.7 cm³/mol. The highest BCUT2D eigenvalue weighted by atomic mass is 16.6. The summed E-state index contributed by atoms with van der Waals surface area (Å²) < 4.78 is 18.0.